The van der Waals surface area contributed by atoms with Gasteiger partial charge in [-0.1, -0.05) is 4.98 Å². The lowest BCUT2D eigenvalue weighted by Crippen LogP contribution is -2.45. The molecule has 5 atom stereocenters. The fourth-order valence-electron chi connectivity index (χ4n) is 2.92. The SMILES string of the molecule is [B]C1C(O)[C@H]([n+]2cn(C)c3c(=O)[nH]c(N)nc32)O[C@@H]1COP(=O)(O)OP(=O)(O)O. The normalized spacial score (nSPS) is 27.3. The smallest absolute Gasteiger partial charge is 0.387 e. The van der Waals surface area contributed by atoms with Gasteiger partial charge in [-0.15, -0.1) is 0 Å². The number of phosphoric ester groups is 1. The number of ether oxygens (including phenoxy) is 1. The third-order valence-corrected chi connectivity index (χ3v) is 6.26. The van der Waals surface area contributed by atoms with Gasteiger partial charge in [-0.2, -0.15) is 4.31 Å². The van der Waals surface area contributed by atoms with E-state index in [9.17, 15) is 23.9 Å². The highest BCUT2D eigenvalue weighted by molar-refractivity contribution is 7.60. The average molecular weight is 452 g/mol. The van der Waals surface area contributed by atoms with Gasteiger partial charge in [-0.25, -0.2) is 13.7 Å². The van der Waals surface area contributed by atoms with Crippen molar-refractivity contribution in [2.45, 2.75) is 24.3 Å². The van der Waals surface area contributed by atoms with Crippen molar-refractivity contribution >= 4 is 40.6 Å². The highest BCUT2D eigenvalue weighted by atomic mass is 31.3. The van der Waals surface area contributed by atoms with Crippen LogP contribution in [-0.4, -0.2) is 61.0 Å². The van der Waals surface area contributed by atoms with Crippen molar-refractivity contribution in [3.05, 3.63) is 16.7 Å². The van der Waals surface area contributed by atoms with E-state index in [1.54, 1.807) is 7.05 Å². The molecular weight excluding hydrogens is 435 g/mol. The second kappa shape index (κ2) is 7.58. The average Bonchev–Trinajstić information content (AvgIpc) is 3.01. The number of imidazole rings is 1. The first kappa shape index (κ1) is 22.1. The van der Waals surface area contributed by atoms with Crippen molar-refractivity contribution < 1.29 is 47.1 Å². The van der Waals surface area contributed by atoms with Gasteiger partial charge < -0.3 is 30.3 Å². The van der Waals surface area contributed by atoms with Crippen LogP contribution in [0.1, 0.15) is 6.23 Å². The molecule has 29 heavy (non-hydrogen) atoms. The van der Waals surface area contributed by atoms with Crippen LogP contribution in [0, 0.1) is 0 Å². The number of hydrogen-bond donors (Lipinski definition) is 6. The summed E-state index contributed by atoms with van der Waals surface area (Å²) >= 11 is 0. The van der Waals surface area contributed by atoms with Gasteiger partial charge in [0.1, 0.15) is 6.10 Å². The van der Waals surface area contributed by atoms with Gasteiger partial charge in [0.15, 0.2) is 6.33 Å². The number of fused-ring (bicyclic) bond motifs is 1. The molecule has 1 aliphatic rings. The molecule has 0 saturated carbocycles. The number of aliphatic hydroxyl groups excluding tert-OH is 1. The van der Waals surface area contributed by atoms with E-state index in [4.69, 9.17) is 28.1 Å². The molecule has 158 valence electrons. The van der Waals surface area contributed by atoms with Crippen LogP contribution >= 0.6 is 15.6 Å². The zero-order valence-electron chi connectivity index (χ0n) is 14.7. The standard InChI is InChI=1S/C11H16BN5O10P2/c1-16-3-17(8-6(16)9(19)15-11(13)14-8)10-7(18)5(12)4(26-10)2-25-29(23,24)27-28(20,21)22/h3-5,7,10,18H,2H2,1H3,(H5-,13,14,15,19,20,21,22,23,24)/p+1/t4-,5?,7?,10-/m1/s1. The van der Waals surface area contributed by atoms with E-state index in [1.165, 1.54) is 15.5 Å². The Morgan fingerprint density at radius 1 is 1.45 bits per heavy atom. The topological polar surface area (TPSA) is 223 Å². The number of aromatic amines is 1. The van der Waals surface area contributed by atoms with Crippen molar-refractivity contribution in [2.75, 3.05) is 12.3 Å². The molecular formula is C11H17BN5O10P2+. The van der Waals surface area contributed by atoms with Gasteiger partial charge in [0, 0.05) is 0 Å². The number of nitrogens with zero attached hydrogens (tertiary/aromatic N) is 3. The molecule has 1 fully saturated rings. The third kappa shape index (κ3) is 4.61. The third-order valence-electron chi connectivity index (χ3n) is 4.11. The number of nitrogens with two attached hydrogens (primary N) is 1. The highest BCUT2D eigenvalue weighted by Gasteiger charge is 2.46. The number of nitrogen functional groups attached to an aromatic ring is 1. The summed E-state index contributed by atoms with van der Waals surface area (Å²) in [7, 11) is -2.99. The molecule has 18 heteroatoms. The first-order valence-corrected chi connectivity index (χ1v) is 10.9. The van der Waals surface area contributed by atoms with Crippen molar-refractivity contribution in [1.29, 1.82) is 0 Å². The van der Waals surface area contributed by atoms with Crippen LogP contribution in [0.2, 0.25) is 5.82 Å². The first-order valence-electron chi connectivity index (χ1n) is 7.88. The van der Waals surface area contributed by atoms with E-state index in [0.717, 1.165) is 0 Å². The van der Waals surface area contributed by atoms with Crippen LogP contribution < -0.4 is 15.9 Å². The molecule has 3 rings (SSSR count). The number of H-pyrrole nitrogens is 1. The lowest BCUT2D eigenvalue weighted by Gasteiger charge is -2.17. The molecule has 1 saturated heterocycles. The minimum atomic E-state index is -5.29. The molecule has 0 aliphatic carbocycles. The summed E-state index contributed by atoms with van der Waals surface area (Å²) in [6.07, 6.45) is -2.29. The summed E-state index contributed by atoms with van der Waals surface area (Å²) in [5.74, 6) is -1.30. The summed E-state index contributed by atoms with van der Waals surface area (Å²) in [6.45, 7) is -0.732. The number of hydrogen-bond acceptors (Lipinski definition) is 9. The molecule has 7 N–H and O–H groups in total. The van der Waals surface area contributed by atoms with E-state index in [1.807, 2.05) is 0 Å². The number of rotatable bonds is 6. The summed E-state index contributed by atoms with van der Waals surface area (Å²) in [5, 5.41) is 10.4. The van der Waals surface area contributed by atoms with E-state index in [0.29, 0.717) is 0 Å². The van der Waals surface area contributed by atoms with Crippen LogP contribution in [0.3, 0.4) is 0 Å². The predicted octanol–water partition coefficient (Wildman–Crippen LogP) is -2.43. The Hall–Kier alpha value is -1.61. The van der Waals surface area contributed by atoms with E-state index >= 15 is 0 Å². The minimum Gasteiger partial charge on any atom is -0.387 e. The summed E-state index contributed by atoms with van der Waals surface area (Å²) in [5.41, 5.74) is 5.26. The van der Waals surface area contributed by atoms with Gasteiger partial charge >= 0.3 is 21.3 Å². The quantitative estimate of drug-likeness (QED) is 0.153. The van der Waals surface area contributed by atoms with Crippen LogP contribution in [-0.2, 0) is 29.7 Å². The Bertz CT molecular complexity index is 1080. The fourth-order valence-corrected chi connectivity index (χ4v) is 4.52. The van der Waals surface area contributed by atoms with Crippen molar-refractivity contribution in [2.24, 2.45) is 7.05 Å². The lowest BCUT2D eigenvalue weighted by atomic mass is 9.79. The number of phosphoric acid groups is 2. The largest absolute Gasteiger partial charge is 0.481 e. The van der Waals surface area contributed by atoms with Crippen molar-refractivity contribution in [3.8, 4) is 0 Å². The zero-order chi connectivity index (χ0) is 21.7. The Morgan fingerprint density at radius 3 is 2.72 bits per heavy atom. The molecule has 3 unspecified atom stereocenters. The van der Waals surface area contributed by atoms with Crippen molar-refractivity contribution in [3.63, 3.8) is 0 Å². The van der Waals surface area contributed by atoms with E-state index in [-0.39, 0.29) is 17.1 Å². The van der Waals surface area contributed by atoms with Gasteiger partial charge in [0.2, 0.25) is 11.7 Å². The van der Waals surface area contributed by atoms with Crippen molar-refractivity contribution in [1.82, 2.24) is 14.5 Å². The summed E-state index contributed by atoms with van der Waals surface area (Å²) in [4.78, 5) is 45.0. The van der Waals surface area contributed by atoms with Gasteiger partial charge in [0.25, 0.3) is 11.5 Å². The molecule has 2 aromatic rings. The highest BCUT2D eigenvalue weighted by Crippen LogP contribution is 2.57. The Kier molecular flexibility index (Phi) is 5.77. The van der Waals surface area contributed by atoms with Crippen LogP contribution in [0.5, 0.6) is 0 Å². The van der Waals surface area contributed by atoms with Crippen LogP contribution in [0.25, 0.3) is 11.2 Å². The second-order valence-electron chi connectivity index (χ2n) is 6.23. The number of aliphatic hydroxyl groups is 1. The molecule has 0 aromatic carbocycles. The molecule has 3 heterocycles. The van der Waals surface area contributed by atoms with E-state index in [2.05, 4.69) is 18.8 Å². The summed E-state index contributed by atoms with van der Waals surface area (Å²) in [6, 6.07) is 0. The minimum absolute atomic E-state index is 0.0873. The fraction of sp³-hybridized carbons (Fsp3) is 0.545. The van der Waals surface area contributed by atoms with Gasteiger partial charge in [-0.05, 0) is 5.82 Å². The number of anilines is 1. The molecule has 0 amide bonds. The molecule has 2 radical (unpaired) electrons. The van der Waals surface area contributed by atoms with Gasteiger partial charge in [-0.3, -0.25) is 18.9 Å². The molecule has 0 bridgehead atoms. The van der Waals surface area contributed by atoms with Gasteiger partial charge in [0.05, 0.1) is 27.6 Å². The lowest BCUT2D eigenvalue weighted by molar-refractivity contribution is -0.745. The maximum atomic E-state index is 12.1. The molecule has 0 spiro atoms. The maximum absolute atomic E-state index is 12.1. The number of aryl methyl sites for hydroxylation is 1. The van der Waals surface area contributed by atoms with Crippen LogP contribution in [0.15, 0.2) is 11.1 Å². The Labute approximate surface area is 163 Å². The molecule has 15 nitrogen and oxygen atoms in total. The first-order chi connectivity index (χ1) is 13.3. The number of nitrogens with one attached hydrogen (secondary N) is 1. The monoisotopic (exact) mass is 452 g/mol. The predicted molar refractivity (Wildman–Crippen MR) is 94.3 cm³/mol. The Balaban J connectivity index is 1.84. The summed E-state index contributed by atoms with van der Waals surface area (Å²) < 4.78 is 38.7. The maximum Gasteiger partial charge on any atom is 0.481 e. The zero-order valence-corrected chi connectivity index (χ0v) is 16.5. The van der Waals surface area contributed by atoms with Crippen LogP contribution in [0.4, 0.5) is 5.95 Å². The second-order valence-corrected chi connectivity index (χ2v) is 9.06. The molecule has 1 aliphatic heterocycles. The Morgan fingerprint density at radius 2 is 2.10 bits per heavy atom. The van der Waals surface area contributed by atoms with E-state index < -0.39 is 52.1 Å². The molecule has 2 aromatic heterocycles. The number of aromatic nitrogens is 4.